The Labute approximate surface area is 409 Å². The SMILES string of the molecule is C=Cc1c(/C=C\C)c2c(n1C1=CC=C(c3ccc(-c4cc(-c5ccccc5)nc(C5C=CCN5)n4)cc3)C1)-c1sc3cc(C)c(C4=C(C)C=CCC4)cc3c1CC2.CC.CC.Cc1ccccc1. The lowest BCUT2D eigenvalue weighted by Gasteiger charge is -2.19. The lowest BCUT2D eigenvalue weighted by Crippen LogP contribution is -2.17. The maximum absolute atomic E-state index is 5.07. The molecule has 4 nitrogen and oxygen atoms in total. The molecule has 0 amide bonds. The fourth-order valence-electron chi connectivity index (χ4n) is 9.85. The Morgan fingerprint density at radius 3 is 2.06 bits per heavy atom. The zero-order valence-electron chi connectivity index (χ0n) is 41.3. The van der Waals surface area contributed by atoms with E-state index in [1.807, 2.05) is 63.3 Å². The maximum atomic E-state index is 5.07. The second-order valence-electron chi connectivity index (χ2n) is 17.3. The monoisotopic (exact) mass is 911 g/mol. The molecule has 0 saturated heterocycles. The average Bonchev–Trinajstić information content (AvgIpc) is 4.22. The van der Waals surface area contributed by atoms with Gasteiger partial charge < -0.3 is 9.88 Å². The molecule has 4 aliphatic rings. The fourth-order valence-corrected chi connectivity index (χ4v) is 11.2. The van der Waals surface area contributed by atoms with Crippen molar-refractivity contribution in [1.29, 1.82) is 0 Å². The van der Waals surface area contributed by atoms with Crippen LogP contribution in [0.4, 0.5) is 0 Å². The molecule has 68 heavy (non-hydrogen) atoms. The van der Waals surface area contributed by atoms with Crippen molar-refractivity contribution in [3.8, 4) is 33.1 Å². The minimum Gasteiger partial charge on any atom is -0.312 e. The van der Waals surface area contributed by atoms with Crippen molar-refractivity contribution in [3.63, 3.8) is 0 Å². The molecule has 344 valence electrons. The molecule has 1 N–H and O–H groups in total. The summed E-state index contributed by atoms with van der Waals surface area (Å²) in [4.78, 5) is 11.5. The number of fused-ring (bicyclic) bond motifs is 5. The van der Waals surface area contributed by atoms with Crippen molar-refractivity contribution in [2.75, 3.05) is 6.54 Å². The van der Waals surface area contributed by atoms with Crippen molar-refractivity contribution in [2.45, 2.75) is 93.5 Å². The quantitative estimate of drug-likeness (QED) is 0.155. The lowest BCUT2D eigenvalue weighted by atomic mass is 9.87. The molecule has 0 bridgehead atoms. The second kappa shape index (κ2) is 22.0. The van der Waals surface area contributed by atoms with E-state index in [0.717, 1.165) is 67.0 Å². The first-order chi connectivity index (χ1) is 33.4. The molecule has 0 spiro atoms. The Morgan fingerprint density at radius 2 is 1.43 bits per heavy atom. The van der Waals surface area contributed by atoms with Crippen LogP contribution in [0.25, 0.3) is 72.2 Å². The first-order valence-corrected chi connectivity index (χ1v) is 25.5. The van der Waals surface area contributed by atoms with Crippen molar-refractivity contribution >= 4 is 50.4 Å². The van der Waals surface area contributed by atoms with Gasteiger partial charge in [-0.05, 0) is 134 Å². The summed E-state index contributed by atoms with van der Waals surface area (Å²) in [5.74, 6) is 0.799. The molecule has 0 saturated carbocycles. The standard InChI is InChI=1S/C52H46N4S.C7H8.2C2H6/c1-5-13-40-41-25-26-42-44-30-43(39-17-11-10-14-32(39)3)33(4)28-49(44)57-51(42)50(41)56(48(40)6-2)38-24-23-37(29-38)34-19-21-36(22-20-34)47-31-46(35-15-8-7-9-16-35)54-52(55-47)45-18-12-27-53-45;1-7-5-3-2-4-6-7;2*1-2/h5-10,12-16,18-24,28,30-31,45,53H,2,11,17,25-27,29H2,1,3-4H3;2-6H,1H3;2*1-2H3/b13-5-;;;. The van der Waals surface area contributed by atoms with Crippen LogP contribution in [0, 0.1) is 13.8 Å². The van der Waals surface area contributed by atoms with E-state index in [2.05, 4.69) is 178 Å². The molecule has 1 aliphatic heterocycles. The third kappa shape index (κ3) is 9.69. The van der Waals surface area contributed by atoms with E-state index in [1.165, 1.54) is 87.7 Å². The van der Waals surface area contributed by atoms with E-state index in [4.69, 9.17) is 9.97 Å². The van der Waals surface area contributed by atoms with Gasteiger partial charge in [-0.15, -0.1) is 11.3 Å². The smallest absolute Gasteiger partial charge is 0.150 e. The van der Waals surface area contributed by atoms with E-state index >= 15 is 0 Å². The van der Waals surface area contributed by atoms with Gasteiger partial charge in [-0.25, -0.2) is 9.97 Å². The summed E-state index contributed by atoms with van der Waals surface area (Å²) < 4.78 is 3.93. The van der Waals surface area contributed by atoms with Crippen LogP contribution in [0.3, 0.4) is 0 Å². The van der Waals surface area contributed by atoms with E-state index in [0.29, 0.717) is 0 Å². The van der Waals surface area contributed by atoms with E-state index < -0.39 is 0 Å². The molecule has 1 atom stereocenters. The molecule has 3 aromatic heterocycles. The highest BCUT2D eigenvalue weighted by Crippen LogP contribution is 2.50. The van der Waals surface area contributed by atoms with Gasteiger partial charge in [0.25, 0.3) is 0 Å². The van der Waals surface area contributed by atoms with Gasteiger partial charge in [0.2, 0.25) is 0 Å². The Bertz CT molecular complexity index is 3110. The van der Waals surface area contributed by atoms with Crippen molar-refractivity contribution in [1.82, 2.24) is 19.9 Å². The van der Waals surface area contributed by atoms with E-state index in [9.17, 15) is 0 Å². The van der Waals surface area contributed by atoms with Gasteiger partial charge in [0.15, 0.2) is 5.82 Å². The summed E-state index contributed by atoms with van der Waals surface area (Å²) in [7, 11) is 0. The minimum absolute atomic E-state index is 0.0133. The summed E-state index contributed by atoms with van der Waals surface area (Å²) in [6, 6.07) is 36.7. The van der Waals surface area contributed by atoms with Crippen molar-refractivity contribution < 1.29 is 0 Å². The van der Waals surface area contributed by atoms with Crippen LogP contribution in [-0.4, -0.2) is 21.1 Å². The summed E-state index contributed by atoms with van der Waals surface area (Å²) in [5, 5.41) is 4.92. The van der Waals surface area contributed by atoms with Gasteiger partial charge in [-0.3, -0.25) is 0 Å². The van der Waals surface area contributed by atoms with Gasteiger partial charge in [0, 0.05) is 40.1 Å². The Balaban J connectivity index is 0.000000512. The van der Waals surface area contributed by atoms with Crippen LogP contribution in [0.2, 0.25) is 0 Å². The first-order valence-electron chi connectivity index (χ1n) is 24.7. The van der Waals surface area contributed by atoms with Crippen LogP contribution in [0.15, 0.2) is 158 Å². The first kappa shape index (κ1) is 47.8. The molecule has 3 aliphatic carbocycles. The fraction of sp³-hybridized carbons (Fsp3) is 0.238. The Hall–Kier alpha value is -6.66. The average molecular weight is 911 g/mol. The van der Waals surface area contributed by atoms with Gasteiger partial charge in [-0.1, -0.05) is 167 Å². The van der Waals surface area contributed by atoms with Crippen molar-refractivity contribution in [2.24, 2.45) is 0 Å². The molecule has 1 unspecified atom stereocenters. The summed E-state index contributed by atoms with van der Waals surface area (Å²) in [5.41, 5.74) is 21.7. The summed E-state index contributed by atoms with van der Waals surface area (Å²) in [6.45, 7) is 22.0. The number of aromatic nitrogens is 3. The second-order valence-corrected chi connectivity index (χ2v) is 18.3. The number of hydrogen-bond donors (Lipinski definition) is 1. The van der Waals surface area contributed by atoms with Gasteiger partial charge in [-0.2, -0.15) is 0 Å². The molecule has 7 aromatic rings. The molecule has 0 radical (unpaired) electrons. The summed E-state index contributed by atoms with van der Waals surface area (Å²) in [6.07, 6.45) is 25.2. The largest absolute Gasteiger partial charge is 0.312 e. The zero-order chi connectivity index (χ0) is 47.7. The number of benzene rings is 4. The third-order valence-corrected chi connectivity index (χ3v) is 14.3. The number of nitrogens with zero attached hydrogens (tertiary/aromatic N) is 3. The number of thiophene rings is 1. The van der Waals surface area contributed by atoms with Crippen LogP contribution in [-0.2, 0) is 12.8 Å². The highest BCUT2D eigenvalue weighted by molar-refractivity contribution is 7.22. The van der Waals surface area contributed by atoms with E-state index in [1.54, 1.807) is 0 Å². The van der Waals surface area contributed by atoms with Crippen LogP contribution < -0.4 is 5.32 Å². The molecule has 4 heterocycles. The lowest BCUT2D eigenvalue weighted by molar-refractivity contribution is 0.669. The predicted octanol–water partition coefficient (Wildman–Crippen LogP) is 17.3. The van der Waals surface area contributed by atoms with Gasteiger partial charge in [0.1, 0.15) is 0 Å². The number of hydrogen-bond acceptors (Lipinski definition) is 4. The maximum Gasteiger partial charge on any atom is 0.150 e. The molecule has 5 heteroatoms. The predicted molar refractivity (Wildman–Crippen MR) is 297 cm³/mol. The van der Waals surface area contributed by atoms with E-state index in [-0.39, 0.29) is 6.04 Å². The highest BCUT2D eigenvalue weighted by Gasteiger charge is 2.31. The number of nitrogens with one attached hydrogen (secondary N) is 1. The number of allylic oxidation sites excluding steroid dienone is 9. The molecule has 0 fully saturated rings. The van der Waals surface area contributed by atoms with Crippen LogP contribution in [0.1, 0.15) is 117 Å². The van der Waals surface area contributed by atoms with Gasteiger partial charge >= 0.3 is 0 Å². The molecule has 11 rings (SSSR count). The number of aryl methyl sites for hydroxylation is 3. The molecule has 4 aromatic carbocycles. The van der Waals surface area contributed by atoms with Crippen LogP contribution in [0.5, 0.6) is 0 Å². The Morgan fingerprint density at radius 1 is 0.750 bits per heavy atom. The Kier molecular flexibility index (Phi) is 15.5. The normalized spacial score (nSPS) is 15.7. The third-order valence-electron chi connectivity index (χ3n) is 13.1. The number of rotatable bonds is 8. The molecular weight excluding hydrogens is 845 g/mol. The highest BCUT2D eigenvalue weighted by atomic mass is 32.1. The van der Waals surface area contributed by atoms with Crippen LogP contribution >= 0.6 is 11.3 Å². The zero-order valence-corrected chi connectivity index (χ0v) is 42.1. The topological polar surface area (TPSA) is 42.7 Å². The molecular formula is C63H66N4S. The van der Waals surface area contributed by atoms with Crippen molar-refractivity contribution in [3.05, 3.63) is 208 Å². The minimum atomic E-state index is 0.0133. The summed E-state index contributed by atoms with van der Waals surface area (Å²) >= 11 is 1.97. The van der Waals surface area contributed by atoms with Gasteiger partial charge in [0.05, 0.1) is 33.7 Å².